The largest absolute Gasteiger partial charge is 0.484 e. The normalized spacial score (nSPS) is 14.0. The molecule has 0 saturated carbocycles. The first-order valence-electron chi connectivity index (χ1n) is 10.2. The average Bonchev–Trinajstić information content (AvgIpc) is 3.23. The average molecular weight is 515 g/mol. The van der Waals surface area contributed by atoms with Crippen LogP contribution in [-0.4, -0.2) is 27.5 Å². The molecule has 0 unspecified atom stereocenters. The maximum atomic E-state index is 13.1. The Morgan fingerprint density at radius 1 is 1.09 bits per heavy atom. The summed E-state index contributed by atoms with van der Waals surface area (Å²) in [5.41, 5.74) is 2.73. The molecule has 6 nitrogen and oxygen atoms in total. The molecular formula is C24H23BrN2O4S. The Hall–Kier alpha value is -2.84. The third kappa shape index (κ3) is 4.81. The van der Waals surface area contributed by atoms with Gasteiger partial charge in [-0.3, -0.25) is 9.10 Å². The molecule has 32 heavy (non-hydrogen) atoms. The van der Waals surface area contributed by atoms with Crippen LogP contribution in [0.3, 0.4) is 0 Å². The Kier molecular flexibility index (Phi) is 6.53. The third-order valence-corrected chi connectivity index (χ3v) is 7.67. The van der Waals surface area contributed by atoms with Crippen LogP contribution in [0.25, 0.3) is 0 Å². The van der Waals surface area contributed by atoms with Crippen LogP contribution >= 0.6 is 15.9 Å². The molecule has 1 heterocycles. The topological polar surface area (TPSA) is 75.7 Å². The van der Waals surface area contributed by atoms with Gasteiger partial charge in [-0.15, -0.1) is 0 Å². The number of carbonyl (C=O) groups excluding carboxylic acids is 1. The van der Waals surface area contributed by atoms with E-state index in [4.69, 9.17) is 4.74 Å². The summed E-state index contributed by atoms with van der Waals surface area (Å²) < 4.78 is 34.1. The van der Waals surface area contributed by atoms with E-state index in [9.17, 15) is 13.2 Å². The van der Waals surface area contributed by atoms with Gasteiger partial charge in [-0.25, -0.2) is 8.42 Å². The minimum absolute atomic E-state index is 0.163. The number of nitrogens with one attached hydrogen (secondary N) is 1. The Labute approximate surface area is 196 Å². The molecule has 0 bridgehead atoms. The second kappa shape index (κ2) is 9.34. The van der Waals surface area contributed by atoms with E-state index in [1.165, 1.54) is 16.4 Å². The number of para-hydroxylation sites is 1. The fourth-order valence-electron chi connectivity index (χ4n) is 3.68. The first-order valence-corrected chi connectivity index (χ1v) is 12.5. The van der Waals surface area contributed by atoms with Crippen LogP contribution < -0.4 is 14.4 Å². The second-order valence-corrected chi connectivity index (χ2v) is 10.3. The van der Waals surface area contributed by atoms with Crippen LogP contribution in [0.15, 0.2) is 82.2 Å². The van der Waals surface area contributed by atoms with Crippen LogP contribution in [-0.2, 0) is 21.2 Å². The predicted octanol–water partition coefficient (Wildman–Crippen LogP) is 4.46. The molecule has 0 aromatic heterocycles. The minimum Gasteiger partial charge on any atom is -0.484 e. The van der Waals surface area contributed by atoms with Crippen LogP contribution in [0.1, 0.15) is 24.1 Å². The van der Waals surface area contributed by atoms with Gasteiger partial charge in [0.1, 0.15) is 5.75 Å². The summed E-state index contributed by atoms with van der Waals surface area (Å²) in [4.78, 5) is 12.4. The number of hydrogen-bond donors (Lipinski definition) is 1. The number of ether oxygens (including phenoxy) is 1. The van der Waals surface area contributed by atoms with Gasteiger partial charge < -0.3 is 10.1 Å². The number of fused-ring (bicyclic) bond motifs is 1. The molecule has 0 aliphatic carbocycles. The minimum atomic E-state index is -3.66. The highest BCUT2D eigenvalue weighted by molar-refractivity contribution is 9.10. The van der Waals surface area contributed by atoms with Gasteiger partial charge in [0.15, 0.2) is 6.61 Å². The number of anilines is 1. The second-order valence-electron chi connectivity index (χ2n) is 7.56. The van der Waals surface area contributed by atoms with E-state index in [1.54, 1.807) is 12.1 Å². The van der Waals surface area contributed by atoms with E-state index in [1.807, 2.05) is 55.5 Å². The SMILES string of the molecule is C[C@H](NC(=O)COc1ccc(S(=O)(=O)N2CCc3ccccc32)cc1)c1cccc(Br)c1. The zero-order valence-corrected chi connectivity index (χ0v) is 19.9. The Balaban J connectivity index is 1.36. The van der Waals surface area contributed by atoms with Crippen molar-refractivity contribution in [3.63, 3.8) is 0 Å². The molecule has 3 aromatic rings. The fraction of sp³-hybridized carbons (Fsp3) is 0.208. The number of amides is 1. The lowest BCUT2D eigenvalue weighted by Crippen LogP contribution is -2.31. The Morgan fingerprint density at radius 3 is 2.59 bits per heavy atom. The van der Waals surface area contributed by atoms with E-state index in [2.05, 4.69) is 21.2 Å². The number of benzene rings is 3. The van der Waals surface area contributed by atoms with Crippen LogP contribution in [0.4, 0.5) is 5.69 Å². The molecule has 1 aliphatic heterocycles. The van der Waals surface area contributed by atoms with Gasteiger partial charge in [0.25, 0.3) is 15.9 Å². The highest BCUT2D eigenvalue weighted by Gasteiger charge is 2.30. The lowest BCUT2D eigenvalue weighted by molar-refractivity contribution is -0.123. The lowest BCUT2D eigenvalue weighted by Gasteiger charge is -2.19. The van der Waals surface area contributed by atoms with E-state index in [0.717, 1.165) is 21.3 Å². The number of rotatable bonds is 7. The van der Waals surface area contributed by atoms with Crippen LogP contribution in [0.2, 0.25) is 0 Å². The van der Waals surface area contributed by atoms with Crippen molar-refractivity contribution in [3.8, 4) is 5.75 Å². The van der Waals surface area contributed by atoms with Crippen molar-refractivity contribution in [2.75, 3.05) is 17.5 Å². The summed E-state index contributed by atoms with van der Waals surface area (Å²) in [5, 5.41) is 2.89. The predicted molar refractivity (Wildman–Crippen MR) is 127 cm³/mol. The number of halogens is 1. The summed E-state index contributed by atoms with van der Waals surface area (Å²) in [5.74, 6) is 0.166. The standard InChI is InChI=1S/C24H23BrN2O4S/c1-17(19-6-4-7-20(25)15-19)26-24(28)16-31-21-9-11-22(12-10-21)32(29,30)27-14-13-18-5-2-3-8-23(18)27/h2-12,15,17H,13-14,16H2,1H3,(H,26,28)/t17-/m0/s1. The summed E-state index contributed by atoms with van der Waals surface area (Å²) in [7, 11) is -3.66. The maximum Gasteiger partial charge on any atom is 0.264 e. The van der Waals surface area contributed by atoms with Crippen LogP contribution in [0.5, 0.6) is 5.75 Å². The van der Waals surface area contributed by atoms with Gasteiger partial charge in [0.2, 0.25) is 0 Å². The first-order chi connectivity index (χ1) is 15.3. The number of nitrogens with zero attached hydrogens (tertiary/aromatic N) is 1. The van der Waals surface area contributed by atoms with Gasteiger partial charge in [-0.1, -0.05) is 46.3 Å². The zero-order chi connectivity index (χ0) is 22.7. The van der Waals surface area contributed by atoms with E-state index < -0.39 is 10.0 Å². The molecular weight excluding hydrogens is 492 g/mol. The molecule has 1 amide bonds. The van der Waals surface area contributed by atoms with Gasteiger partial charge in [0, 0.05) is 11.0 Å². The highest BCUT2D eigenvalue weighted by atomic mass is 79.9. The van der Waals surface area contributed by atoms with Gasteiger partial charge in [-0.2, -0.15) is 0 Å². The van der Waals surface area contributed by atoms with Crippen molar-refractivity contribution < 1.29 is 17.9 Å². The van der Waals surface area contributed by atoms with Crippen LogP contribution in [0, 0.1) is 0 Å². The lowest BCUT2D eigenvalue weighted by atomic mass is 10.1. The summed E-state index contributed by atoms with van der Waals surface area (Å²) in [6, 6.07) is 21.2. The Morgan fingerprint density at radius 2 is 1.84 bits per heavy atom. The van der Waals surface area contributed by atoms with Crippen molar-refractivity contribution in [3.05, 3.63) is 88.4 Å². The molecule has 0 spiro atoms. The summed E-state index contributed by atoms with van der Waals surface area (Å²) in [6.07, 6.45) is 0.698. The van der Waals surface area contributed by atoms with Crippen molar-refractivity contribution in [1.82, 2.24) is 5.32 Å². The number of carbonyl (C=O) groups is 1. The van der Waals surface area contributed by atoms with Crippen molar-refractivity contribution >= 4 is 37.5 Å². The molecule has 8 heteroatoms. The number of sulfonamides is 1. The third-order valence-electron chi connectivity index (χ3n) is 5.35. The molecule has 4 rings (SSSR count). The molecule has 1 N–H and O–H groups in total. The Bertz CT molecular complexity index is 1230. The molecule has 1 aliphatic rings. The van der Waals surface area contributed by atoms with E-state index >= 15 is 0 Å². The van der Waals surface area contributed by atoms with Crippen molar-refractivity contribution in [1.29, 1.82) is 0 Å². The van der Waals surface area contributed by atoms with Gasteiger partial charge >= 0.3 is 0 Å². The summed E-state index contributed by atoms with van der Waals surface area (Å²) >= 11 is 3.42. The molecule has 166 valence electrons. The number of hydrogen-bond acceptors (Lipinski definition) is 4. The van der Waals surface area contributed by atoms with Gasteiger partial charge in [0.05, 0.1) is 16.6 Å². The molecule has 1 atom stereocenters. The quantitative estimate of drug-likeness (QED) is 0.505. The summed E-state index contributed by atoms with van der Waals surface area (Å²) in [6.45, 7) is 2.16. The van der Waals surface area contributed by atoms with E-state index in [0.29, 0.717) is 18.7 Å². The zero-order valence-electron chi connectivity index (χ0n) is 17.5. The fourth-order valence-corrected chi connectivity index (χ4v) is 5.60. The smallest absolute Gasteiger partial charge is 0.264 e. The van der Waals surface area contributed by atoms with Crippen molar-refractivity contribution in [2.45, 2.75) is 24.3 Å². The molecule has 0 fully saturated rings. The molecule has 0 saturated heterocycles. The highest BCUT2D eigenvalue weighted by Crippen LogP contribution is 2.33. The monoisotopic (exact) mass is 514 g/mol. The van der Waals surface area contributed by atoms with Gasteiger partial charge in [-0.05, 0) is 66.9 Å². The first kappa shape index (κ1) is 22.4. The van der Waals surface area contributed by atoms with E-state index in [-0.39, 0.29) is 23.5 Å². The maximum absolute atomic E-state index is 13.1. The molecule has 3 aromatic carbocycles. The van der Waals surface area contributed by atoms with Crippen molar-refractivity contribution in [2.24, 2.45) is 0 Å². The molecule has 0 radical (unpaired) electrons.